The molecule has 0 aromatic heterocycles. The van der Waals surface area contributed by atoms with Gasteiger partial charge in [0.05, 0.1) is 26.5 Å². The maximum absolute atomic E-state index is 14.1. The van der Waals surface area contributed by atoms with E-state index in [-0.39, 0.29) is 69.2 Å². The molecule has 1 saturated heterocycles. The molecule has 29 nitrogen and oxygen atoms in total. The lowest BCUT2D eigenvalue weighted by Gasteiger charge is -2.30. The molecule has 31 heteroatoms. The van der Waals surface area contributed by atoms with Gasteiger partial charge in [-0.1, -0.05) is 12.1 Å². The van der Waals surface area contributed by atoms with E-state index in [4.69, 9.17) is 33.4 Å². The van der Waals surface area contributed by atoms with Gasteiger partial charge in [-0.05, 0) is 69.2 Å². The molecular formula is C45H71N15O14S2. The summed E-state index contributed by atoms with van der Waals surface area (Å²) in [4.78, 5) is 162. The summed E-state index contributed by atoms with van der Waals surface area (Å²) in [7, 11) is 1.43. The largest absolute Gasteiger partial charge is 0.497 e. The number of likely N-dealkylation sites (tertiary alicyclic amines) is 1. The first-order valence-corrected chi connectivity index (χ1v) is 25.3. The van der Waals surface area contributed by atoms with Crippen molar-refractivity contribution >= 4 is 102 Å². The summed E-state index contributed by atoms with van der Waals surface area (Å²) < 4.78 is 5.20. The number of methoxy groups -OCH3 is 1. The van der Waals surface area contributed by atoms with E-state index in [1.165, 1.54) is 7.11 Å². The number of rotatable bonds is 34. The average Bonchev–Trinajstić information content (AvgIpc) is 3.86. The highest BCUT2D eigenvalue weighted by molar-refractivity contribution is 7.80. The van der Waals surface area contributed by atoms with Crippen molar-refractivity contribution in [3.05, 3.63) is 29.8 Å². The number of primary amides is 2. The van der Waals surface area contributed by atoms with Crippen LogP contribution in [0.15, 0.2) is 29.3 Å². The summed E-state index contributed by atoms with van der Waals surface area (Å²) in [5.41, 5.74) is 27.7. The first-order chi connectivity index (χ1) is 35.9. The molecule has 0 bridgehead atoms. The van der Waals surface area contributed by atoms with E-state index in [1.54, 1.807) is 24.3 Å². The zero-order chi connectivity index (χ0) is 57.1. The number of hydrogen-bond donors (Lipinski definition) is 16. The molecule has 76 heavy (non-hydrogen) atoms. The number of hydrogen-bond acceptors (Lipinski definition) is 17. The molecule has 1 heterocycles. The summed E-state index contributed by atoms with van der Waals surface area (Å²) in [6, 6.07) is -4.95. The molecular weight excluding hydrogens is 1040 g/mol. The van der Waals surface area contributed by atoms with Gasteiger partial charge in [0.25, 0.3) is 0 Å². The first-order valence-electron chi connectivity index (χ1n) is 24.0. The number of carboxylic acids is 1. The van der Waals surface area contributed by atoms with Gasteiger partial charge in [-0.15, -0.1) is 0 Å². The third kappa shape index (κ3) is 23.0. The van der Waals surface area contributed by atoms with E-state index in [1.807, 2.05) is 0 Å². The maximum atomic E-state index is 14.1. The summed E-state index contributed by atoms with van der Waals surface area (Å²) in [6.45, 7) is 0.579. The number of nitrogens with two attached hydrogens (primary N) is 5. The molecule has 2 rings (SSSR count). The number of aliphatic imine (C=N–C) groups is 1. The zero-order valence-corrected chi connectivity index (χ0v) is 44.0. The van der Waals surface area contributed by atoms with E-state index in [2.05, 4.69) is 72.8 Å². The summed E-state index contributed by atoms with van der Waals surface area (Å²) in [5, 5.41) is 29.1. The molecule has 11 amide bonds. The van der Waals surface area contributed by atoms with Crippen molar-refractivity contribution in [3.63, 3.8) is 0 Å². The van der Waals surface area contributed by atoms with Gasteiger partial charge < -0.3 is 85.9 Å². The quantitative estimate of drug-likeness (QED) is 0.0132. The van der Waals surface area contributed by atoms with Crippen molar-refractivity contribution in [1.29, 1.82) is 0 Å². The molecule has 0 aliphatic carbocycles. The second-order valence-corrected chi connectivity index (χ2v) is 18.1. The SMILES string of the molecule is COc1ccc(C[C@H](NC(=O)[C@H](CC(=O)O)NC(=O)CNC(=O)[C@H](CCCCN)NC(=O)[C@@H]2CCCN2C(=O)[C@H](CC(N)=O)NC(=O)[C@H](CS)NC(C)=O)C(=O)N[C@@H](CCCN=C(N)N)C(=O)N[C@@H](CS)C(N)=O)cc1. The highest BCUT2D eigenvalue weighted by Crippen LogP contribution is 2.20. The van der Waals surface area contributed by atoms with E-state index in [9.17, 15) is 62.6 Å². The van der Waals surface area contributed by atoms with Crippen molar-refractivity contribution in [1.82, 2.24) is 47.4 Å². The monoisotopic (exact) mass is 1110 g/mol. The minimum Gasteiger partial charge on any atom is -0.497 e. The van der Waals surface area contributed by atoms with Crippen LogP contribution in [-0.2, 0) is 64.0 Å². The Kier molecular flexibility index (Phi) is 28.5. The fourth-order valence-electron chi connectivity index (χ4n) is 7.57. The van der Waals surface area contributed by atoms with Gasteiger partial charge >= 0.3 is 5.97 Å². The smallest absolute Gasteiger partial charge is 0.305 e. The predicted octanol–water partition coefficient (Wildman–Crippen LogP) is -6.36. The lowest BCUT2D eigenvalue weighted by molar-refractivity contribution is -0.143. The number of amides is 11. The third-order valence-electron chi connectivity index (χ3n) is 11.4. The Hall–Kier alpha value is -7.41. The highest BCUT2D eigenvalue weighted by Gasteiger charge is 2.40. The Balaban J connectivity index is 2.34. The van der Waals surface area contributed by atoms with Crippen LogP contribution in [0.5, 0.6) is 5.75 Å². The number of thiol groups is 2. The van der Waals surface area contributed by atoms with Crippen molar-refractivity contribution in [2.24, 2.45) is 33.7 Å². The number of benzene rings is 1. The van der Waals surface area contributed by atoms with Crippen LogP contribution in [0.2, 0.25) is 0 Å². The second kappa shape index (κ2) is 33.5. The Bertz CT molecular complexity index is 2260. The molecule has 8 atom stereocenters. The fourth-order valence-corrected chi connectivity index (χ4v) is 8.10. The normalized spacial score (nSPS) is 15.5. The number of carbonyl (C=O) groups is 12. The summed E-state index contributed by atoms with van der Waals surface area (Å²) >= 11 is 8.10. The molecule has 0 saturated carbocycles. The van der Waals surface area contributed by atoms with Crippen molar-refractivity contribution < 1.29 is 67.4 Å². The molecule has 0 unspecified atom stereocenters. The minimum absolute atomic E-state index is 0.00687. The number of nitrogens with zero attached hydrogens (tertiary/aromatic N) is 2. The van der Waals surface area contributed by atoms with Crippen LogP contribution >= 0.6 is 25.3 Å². The number of guanidine groups is 1. The van der Waals surface area contributed by atoms with Crippen LogP contribution in [0.1, 0.15) is 70.3 Å². The number of ether oxygens (including phenoxy) is 1. The van der Waals surface area contributed by atoms with Crippen molar-refractivity contribution in [2.45, 2.75) is 119 Å². The molecule has 422 valence electrons. The van der Waals surface area contributed by atoms with Gasteiger partial charge in [-0.2, -0.15) is 25.3 Å². The van der Waals surface area contributed by atoms with Crippen molar-refractivity contribution in [3.8, 4) is 5.75 Å². The van der Waals surface area contributed by atoms with Gasteiger partial charge in [0.15, 0.2) is 5.96 Å². The Morgan fingerprint density at radius 2 is 1.26 bits per heavy atom. The minimum atomic E-state index is -1.86. The van der Waals surface area contributed by atoms with Gasteiger partial charge in [0.1, 0.15) is 54.1 Å². The Morgan fingerprint density at radius 3 is 1.83 bits per heavy atom. The molecule has 1 aromatic rings. The Labute approximate surface area is 449 Å². The topological polar surface area (TPSA) is 476 Å². The number of carbonyl (C=O) groups excluding carboxylic acids is 11. The predicted molar refractivity (Wildman–Crippen MR) is 279 cm³/mol. The highest BCUT2D eigenvalue weighted by atomic mass is 32.1. The molecule has 19 N–H and O–H groups in total. The van der Waals surface area contributed by atoms with E-state index in [0.29, 0.717) is 30.6 Å². The van der Waals surface area contributed by atoms with E-state index >= 15 is 0 Å². The van der Waals surface area contributed by atoms with Gasteiger partial charge in [0, 0.05) is 37.9 Å². The van der Waals surface area contributed by atoms with Gasteiger partial charge in [0.2, 0.25) is 65.0 Å². The van der Waals surface area contributed by atoms with Crippen LogP contribution < -0.4 is 75.9 Å². The van der Waals surface area contributed by atoms with Gasteiger partial charge in [-0.3, -0.25) is 62.5 Å². The Morgan fingerprint density at radius 1 is 0.697 bits per heavy atom. The number of nitrogens with one attached hydrogen (secondary N) is 8. The summed E-state index contributed by atoms with van der Waals surface area (Å²) in [5.74, 6) is -11.5. The lowest BCUT2D eigenvalue weighted by Crippen LogP contribution is -2.59. The number of carboxylic acid groups (broad SMARTS) is 1. The average molecular weight is 1110 g/mol. The molecule has 1 aliphatic heterocycles. The second-order valence-electron chi connectivity index (χ2n) is 17.4. The molecule has 1 aliphatic rings. The zero-order valence-electron chi connectivity index (χ0n) is 42.2. The molecule has 0 spiro atoms. The first kappa shape index (κ1) is 64.7. The third-order valence-corrected chi connectivity index (χ3v) is 12.2. The van der Waals surface area contributed by atoms with Crippen molar-refractivity contribution in [2.75, 3.05) is 44.8 Å². The van der Waals surface area contributed by atoms with Gasteiger partial charge in [-0.25, -0.2) is 0 Å². The molecule has 0 radical (unpaired) electrons. The van der Waals surface area contributed by atoms with Crippen LogP contribution in [0.3, 0.4) is 0 Å². The van der Waals surface area contributed by atoms with E-state index < -0.39 is 139 Å². The van der Waals surface area contributed by atoms with Crippen LogP contribution in [-0.4, -0.2) is 180 Å². The van der Waals surface area contributed by atoms with Crippen LogP contribution in [0.25, 0.3) is 0 Å². The number of unbranched alkanes of at least 4 members (excludes halogenated alkanes) is 1. The van der Waals surface area contributed by atoms with E-state index in [0.717, 1.165) is 11.8 Å². The maximum Gasteiger partial charge on any atom is 0.305 e. The fraction of sp³-hybridized carbons (Fsp3) is 0.578. The standard InChI is InChI=1S/C45H71N15O14S2/c1-23(61)53-32(22-76)42(71)58-30(18-34(47)62)44(73)60-16-6-9-33(60)43(72)56-26(7-3-4-14-46)38(67)52-20-35(63)54-29(19-36(64)65)41(70)57-28(17-24-10-12-25(74-2)13-11-24)40(69)55-27(8-5-15-51-45(49)50)39(68)59-31(21-75)37(48)66/h10-13,26-33,75-76H,3-9,14-22,46H2,1-2H3,(H2,47,62)(H2,48,66)(H,52,67)(H,53,61)(H,54,63)(H,55,69)(H,56,72)(H,57,70)(H,58,71)(H,59,68)(H,64,65)(H4,49,50,51)/t26-,27-,28-,29-,30-,31-,32-,33-/m0/s1. The molecule has 1 fully saturated rings. The summed E-state index contributed by atoms with van der Waals surface area (Å²) in [6.07, 6.45) is -0.734. The van der Waals surface area contributed by atoms with Crippen LogP contribution in [0.4, 0.5) is 0 Å². The van der Waals surface area contributed by atoms with Crippen LogP contribution in [0, 0.1) is 0 Å². The molecule has 1 aromatic carbocycles. The number of aliphatic carboxylic acids is 1. The lowest BCUT2D eigenvalue weighted by atomic mass is 10.0.